The number of ether oxygens (including phenoxy) is 2. The van der Waals surface area contributed by atoms with E-state index in [1.807, 2.05) is 0 Å². The van der Waals surface area contributed by atoms with Crippen LogP contribution in [-0.4, -0.2) is 26.1 Å². The third-order valence-electron chi connectivity index (χ3n) is 4.36. The van der Waals surface area contributed by atoms with Crippen LogP contribution in [0.2, 0.25) is 0 Å². The lowest BCUT2D eigenvalue weighted by atomic mass is 9.95. The van der Waals surface area contributed by atoms with Crippen molar-refractivity contribution in [2.24, 2.45) is 5.90 Å². The van der Waals surface area contributed by atoms with Gasteiger partial charge in [-0.05, 0) is 49.4 Å². The number of hydrogen-bond donors (Lipinski definition) is 2. The van der Waals surface area contributed by atoms with Gasteiger partial charge in [0.25, 0.3) is 5.91 Å². The van der Waals surface area contributed by atoms with E-state index in [1.54, 1.807) is 18.2 Å². The minimum Gasteiger partial charge on any atom is -0.493 e. The molecule has 1 aliphatic rings. The van der Waals surface area contributed by atoms with Gasteiger partial charge in [0.1, 0.15) is 5.00 Å². The second-order valence-electron chi connectivity index (χ2n) is 5.84. The molecule has 0 radical (unpaired) electrons. The molecule has 0 bridgehead atoms. The van der Waals surface area contributed by atoms with Crippen molar-refractivity contribution in [2.45, 2.75) is 25.7 Å². The number of thiophene rings is 1. The maximum absolute atomic E-state index is 12.7. The number of amides is 1. The van der Waals surface area contributed by atoms with E-state index >= 15 is 0 Å². The molecule has 2 aromatic rings. The molecule has 0 fully saturated rings. The molecule has 0 saturated heterocycles. The Kier molecular flexibility index (Phi) is 5.43. The van der Waals surface area contributed by atoms with E-state index in [9.17, 15) is 9.59 Å². The quantitative estimate of drug-likeness (QED) is 0.779. The number of methoxy groups -OCH3 is 2. The number of hydrogen-bond acceptors (Lipinski definition) is 7. The van der Waals surface area contributed by atoms with Crippen molar-refractivity contribution < 1.29 is 23.9 Å². The van der Waals surface area contributed by atoms with Crippen LogP contribution in [-0.2, 0) is 17.7 Å². The normalized spacial score (nSPS) is 12.9. The summed E-state index contributed by atoms with van der Waals surface area (Å²) in [5.74, 6) is 5.09. The summed E-state index contributed by atoms with van der Waals surface area (Å²) in [6.07, 6.45) is 3.73. The molecule has 0 spiro atoms. The Morgan fingerprint density at radius 1 is 1.12 bits per heavy atom. The van der Waals surface area contributed by atoms with E-state index in [1.165, 1.54) is 25.6 Å². The first-order valence-electron chi connectivity index (χ1n) is 8.18. The summed E-state index contributed by atoms with van der Waals surface area (Å²) < 4.78 is 10.4. The molecule has 1 aliphatic carbocycles. The van der Waals surface area contributed by atoms with Gasteiger partial charge in [-0.3, -0.25) is 4.79 Å². The van der Waals surface area contributed by atoms with Crippen LogP contribution in [0.1, 0.15) is 44.0 Å². The first kappa shape index (κ1) is 18.2. The van der Waals surface area contributed by atoms with Crippen molar-refractivity contribution in [2.75, 3.05) is 19.5 Å². The monoisotopic (exact) mass is 376 g/mol. The van der Waals surface area contributed by atoms with E-state index in [0.717, 1.165) is 36.1 Å². The van der Waals surface area contributed by atoms with Crippen molar-refractivity contribution in [3.8, 4) is 11.5 Å². The highest BCUT2D eigenvalue weighted by molar-refractivity contribution is 7.17. The highest BCUT2D eigenvalue weighted by Gasteiger charge is 2.27. The van der Waals surface area contributed by atoms with Gasteiger partial charge in [0.2, 0.25) is 0 Å². The maximum atomic E-state index is 12.7. The smallest absolute Gasteiger partial charge is 0.359 e. The fourth-order valence-corrected chi connectivity index (χ4v) is 4.35. The van der Waals surface area contributed by atoms with Gasteiger partial charge < -0.3 is 19.6 Å². The number of carbonyl (C=O) groups excluding carboxylic acids is 2. The Morgan fingerprint density at radius 2 is 1.85 bits per heavy atom. The topological polar surface area (TPSA) is 99.9 Å². The van der Waals surface area contributed by atoms with Gasteiger partial charge in [-0.15, -0.1) is 11.3 Å². The first-order chi connectivity index (χ1) is 12.6. The molecule has 7 nitrogen and oxygen atoms in total. The largest absolute Gasteiger partial charge is 0.493 e. The predicted molar refractivity (Wildman–Crippen MR) is 98.1 cm³/mol. The number of anilines is 1. The van der Waals surface area contributed by atoms with Crippen LogP contribution < -0.4 is 20.7 Å². The standard InChI is InChI=1S/C18H20N2O5S/c1-23-12-8-7-10(9-13(12)24-2)16(21)20-17-15(18(22)25-19)11-5-3-4-6-14(11)26-17/h7-9H,3-6,19H2,1-2H3,(H,20,21). The van der Waals surface area contributed by atoms with Gasteiger partial charge in [-0.2, -0.15) is 5.90 Å². The Hall–Kier alpha value is -2.58. The molecule has 1 amide bonds. The van der Waals surface area contributed by atoms with Crippen LogP contribution in [0.4, 0.5) is 5.00 Å². The van der Waals surface area contributed by atoms with Gasteiger partial charge >= 0.3 is 5.97 Å². The summed E-state index contributed by atoms with van der Waals surface area (Å²) in [4.78, 5) is 30.3. The van der Waals surface area contributed by atoms with Crippen LogP contribution in [0.5, 0.6) is 11.5 Å². The third kappa shape index (κ3) is 3.38. The van der Waals surface area contributed by atoms with Crippen molar-refractivity contribution in [1.82, 2.24) is 0 Å². The second-order valence-corrected chi connectivity index (χ2v) is 6.95. The van der Waals surface area contributed by atoms with Gasteiger partial charge in [0, 0.05) is 10.4 Å². The van der Waals surface area contributed by atoms with E-state index in [0.29, 0.717) is 27.6 Å². The van der Waals surface area contributed by atoms with Crippen molar-refractivity contribution >= 4 is 28.2 Å². The highest BCUT2D eigenvalue weighted by atomic mass is 32.1. The summed E-state index contributed by atoms with van der Waals surface area (Å²) >= 11 is 1.40. The van der Waals surface area contributed by atoms with E-state index in [-0.39, 0.29) is 5.91 Å². The molecule has 3 N–H and O–H groups in total. The molecule has 3 rings (SSSR count). The maximum Gasteiger partial charge on any atom is 0.359 e. The van der Waals surface area contributed by atoms with Crippen LogP contribution in [0, 0.1) is 0 Å². The van der Waals surface area contributed by atoms with Crippen LogP contribution >= 0.6 is 11.3 Å². The SMILES string of the molecule is COc1ccc(C(=O)Nc2sc3c(c2C(=O)ON)CCCC3)cc1OC. The zero-order valence-electron chi connectivity index (χ0n) is 14.6. The zero-order chi connectivity index (χ0) is 18.7. The van der Waals surface area contributed by atoms with E-state index < -0.39 is 5.97 Å². The Bertz CT molecular complexity index is 846. The number of fused-ring (bicyclic) bond motifs is 1. The number of rotatable bonds is 5. The van der Waals surface area contributed by atoms with E-state index in [2.05, 4.69) is 10.2 Å². The summed E-state index contributed by atoms with van der Waals surface area (Å²) in [5, 5.41) is 3.28. The lowest BCUT2D eigenvalue weighted by Gasteiger charge is -2.12. The molecule has 26 heavy (non-hydrogen) atoms. The Labute approximate surface area is 155 Å². The first-order valence-corrected chi connectivity index (χ1v) is 8.99. The molecule has 0 unspecified atom stereocenters. The van der Waals surface area contributed by atoms with Crippen LogP contribution in [0.15, 0.2) is 18.2 Å². The van der Waals surface area contributed by atoms with Crippen molar-refractivity contribution in [3.63, 3.8) is 0 Å². The van der Waals surface area contributed by atoms with Crippen LogP contribution in [0.3, 0.4) is 0 Å². The van der Waals surface area contributed by atoms with Gasteiger partial charge in [-0.25, -0.2) is 4.79 Å². The molecule has 8 heteroatoms. The highest BCUT2D eigenvalue weighted by Crippen LogP contribution is 2.39. The summed E-state index contributed by atoms with van der Waals surface area (Å²) in [6, 6.07) is 4.87. The average molecular weight is 376 g/mol. The fourth-order valence-electron chi connectivity index (χ4n) is 3.08. The van der Waals surface area contributed by atoms with E-state index in [4.69, 9.17) is 15.4 Å². The molecule has 0 aliphatic heterocycles. The Morgan fingerprint density at radius 3 is 2.54 bits per heavy atom. The summed E-state index contributed by atoms with van der Waals surface area (Å²) in [6.45, 7) is 0. The molecule has 1 aromatic heterocycles. The Balaban J connectivity index is 1.92. The third-order valence-corrected chi connectivity index (χ3v) is 5.56. The number of carbonyl (C=O) groups is 2. The molecular weight excluding hydrogens is 356 g/mol. The van der Waals surface area contributed by atoms with Gasteiger partial charge in [-0.1, -0.05) is 0 Å². The molecule has 0 atom stereocenters. The average Bonchev–Trinajstić information content (AvgIpc) is 3.04. The van der Waals surface area contributed by atoms with Crippen molar-refractivity contribution in [1.29, 1.82) is 0 Å². The fraction of sp³-hybridized carbons (Fsp3) is 0.333. The minimum atomic E-state index is -0.632. The molecule has 138 valence electrons. The number of aryl methyl sites for hydroxylation is 1. The molecular formula is C18H20N2O5S. The molecule has 0 saturated carbocycles. The second kappa shape index (κ2) is 7.76. The number of nitrogens with one attached hydrogen (secondary N) is 1. The lowest BCUT2D eigenvalue weighted by molar-refractivity contribution is 0.0503. The lowest BCUT2D eigenvalue weighted by Crippen LogP contribution is -2.17. The number of nitrogens with two attached hydrogens (primary N) is 1. The zero-order valence-corrected chi connectivity index (χ0v) is 15.4. The number of benzene rings is 1. The predicted octanol–water partition coefficient (Wildman–Crippen LogP) is 2.93. The summed E-state index contributed by atoms with van der Waals surface area (Å²) in [5.41, 5.74) is 1.68. The minimum absolute atomic E-state index is 0.351. The summed E-state index contributed by atoms with van der Waals surface area (Å²) in [7, 11) is 3.03. The van der Waals surface area contributed by atoms with Gasteiger partial charge in [0.15, 0.2) is 11.5 Å². The van der Waals surface area contributed by atoms with Gasteiger partial charge in [0.05, 0.1) is 19.8 Å². The van der Waals surface area contributed by atoms with Crippen LogP contribution in [0.25, 0.3) is 0 Å². The van der Waals surface area contributed by atoms with Crippen molar-refractivity contribution in [3.05, 3.63) is 39.8 Å². The molecule has 1 heterocycles. The molecule has 1 aromatic carbocycles.